The molecule has 0 saturated heterocycles. The molecule has 4 aromatic rings. The molecule has 2 atom stereocenters. The van der Waals surface area contributed by atoms with Gasteiger partial charge < -0.3 is 4.98 Å². The number of hydrogen-bond donors (Lipinski definition) is 2. The molecule has 0 aliphatic heterocycles. The van der Waals surface area contributed by atoms with Crippen LogP contribution in [0.2, 0.25) is 0 Å². The smallest absolute Gasteiger partial charge is 0.131 e. The summed E-state index contributed by atoms with van der Waals surface area (Å²) in [5.41, 5.74) is 4.50. The molecule has 0 spiro atoms. The predicted molar refractivity (Wildman–Crippen MR) is 120 cm³/mol. The second-order valence-corrected chi connectivity index (χ2v) is 8.92. The van der Waals surface area contributed by atoms with Crippen LogP contribution in [-0.2, 0) is 21.8 Å². The lowest BCUT2D eigenvalue weighted by Crippen LogP contribution is -2.04. The highest BCUT2D eigenvalue weighted by molar-refractivity contribution is 7.84. The quantitative estimate of drug-likeness (QED) is 0.508. The molecule has 4 rings (SSSR count). The number of fused-ring (bicyclic) bond motifs is 1. The second-order valence-electron chi connectivity index (χ2n) is 6.50. The highest BCUT2D eigenvalue weighted by atomic mass is 32.2. The molecule has 0 aliphatic rings. The predicted octanol–water partition coefficient (Wildman–Crippen LogP) is 4.12. The first-order chi connectivity index (χ1) is 14.0. The maximum absolute atomic E-state index is 11.8. The van der Waals surface area contributed by atoms with Crippen molar-refractivity contribution < 1.29 is 8.42 Å². The van der Waals surface area contributed by atoms with Crippen LogP contribution in [0, 0.1) is 0 Å². The molecular formula is C22H19N3O2S2. The van der Waals surface area contributed by atoms with Gasteiger partial charge in [0.25, 0.3) is 0 Å². The van der Waals surface area contributed by atoms with E-state index in [0.29, 0.717) is 4.90 Å². The third kappa shape index (κ3) is 4.27. The largest absolute Gasteiger partial charge is 0.338 e. The number of benzene rings is 3. The van der Waals surface area contributed by atoms with E-state index in [1.165, 1.54) is 0 Å². The van der Waals surface area contributed by atoms with Gasteiger partial charge in [-0.25, -0.2) is 14.3 Å². The Labute approximate surface area is 173 Å². The van der Waals surface area contributed by atoms with E-state index in [1.54, 1.807) is 12.3 Å². The molecule has 2 unspecified atom stereocenters. The van der Waals surface area contributed by atoms with Crippen LogP contribution in [0.3, 0.4) is 0 Å². The number of nitrogens with zero attached hydrogens (tertiary/aromatic N) is 1. The summed E-state index contributed by atoms with van der Waals surface area (Å²) < 4.78 is 23.3. The van der Waals surface area contributed by atoms with Gasteiger partial charge in [0.15, 0.2) is 0 Å². The van der Waals surface area contributed by atoms with Gasteiger partial charge in [0.1, 0.15) is 16.8 Å². The first kappa shape index (κ1) is 19.4. The zero-order chi connectivity index (χ0) is 20.4. The van der Waals surface area contributed by atoms with Gasteiger partial charge in [0.05, 0.1) is 15.9 Å². The van der Waals surface area contributed by atoms with Crippen molar-refractivity contribution in [3.8, 4) is 11.1 Å². The van der Waals surface area contributed by atoms with Gasteiger partial charge in [0, 0.05) is 22.0 Å². The number of aromatic amines is 1. The van der Waals surface area contributed by atoms with E-state index in [1.807, 2.05) is 72.8 Å². The summed E-state index contributed by atoms with van der Waals surface area (Å²) in [7, 11) is -2.53. The fraction of sp³-hybridized carbons (Fsp3) is 0.0455. The molecular weight excluding hydrogens is 402 g/mol. The molecule has 0 aliphatic carbocycles. The summed E-state index contributed by atoms with van der Waals surface area (Å²) in [4.78, 5) is 9.29. The van der Waals surface area contributed by atoms with Gasteiger partial charge in [-0.05, 0) is 53.1 Å². The minimum Gasteiger partial charge on any atom is -0.338 e. The first-order valence-electron chi connectivity index (χ1n) is 8.88. The number of rotatable bonds is 5. The van der Waals surface area contributed by atoms with E-state index in [9.17, 15) is 8.42 Å². The van der Waals surface area contributed by atoms with Crippen LogP contribution in [0.5, 0.6) is 0 Å². The lowest BCUT2D eigenvalue weighted by molar-refractivity contribution is 0.684. The monoisotopic (exact) mass is 421 g/mol. The number of aromatic nitrogens is 2. The van der Waals surface area contributed by atoms with Crippen LogP contribution in [0.15, 0.2) is 76.5 Å². The molecule has 0 radical (unpaired) electrons. The van der Waals surface area contributed by atoms with E-state index in [0.717, 1.165) is 38.4 Å². The van der Waals surface area contributed by atoms with Crippen LogP contribution in [0.1, 0.15) is 11.4 Å². The molecule has 3 aromatic carbocycles. The zero-order valence-electron chi connectivity index (χ0n) is 15.7. The van der Waals surface area contributed by atoms with Gasteiger partial charge in [-0.2, -0.15) is 0 Å². The lowest BCUT2D eigenvalue weighted by Gasteiger charge is -2.06. The Morgan fingerprint density at radius 3 is 2.45 bits per heavy atom. The number of H-pyrrole nitrogens is 1. The van der Waals surface area contributed by atoms with E-state index in [4.69, 9.17) is 5.14 Å². The molecule has 29 heavy (non-hydrogen) atoms. The van der Waals surface area contributed by atoms with E-state index in [2.05, 4.69) is 9.97 Å². The average Bonchev–Trinajstić information content (AvgIpc) is 3.14. The van der Waals surface area contributed by atoms with Gasteiger partial charge in [-0.3, -0.25) is 4.21 Å². The fourth-order valence-electron chi connectivity index (χ4n) is 3.10. The van der Waals surface area contributed by atoms with E-state index < -0.39 is 21.8 Å². The fourth-order valence-corrected chi connectivity index (χ4v) is 4.24. The van der Waals surface area contributed by atoms with Crippen molar-refractivity contribution in [3.63, 3.8) is 0 Å². The standard InChI is InChI=1S/C22H19N3O2S2/c1-28(26)17-10-6-15(7-11-17)8-13-22-24-19-12-9-16(14-20(19)25-22)18-4-2-3-5-21(18)29(23)27/h2-14H,23H2,1H3,(H,24,25)/b13-8+. The van der Waals surface area contributed by atoms with Gasteiger partial charge in [-0.15, -0.1) is 0 Å². The topological polar surface area (TPSA) is 88.8 Å². The Balaban J connectivity index is 1.64. The Hall–Kier alpha value is -2.87. The van der Waals surface area contributed by atoms with Crippen LogP contribution in [-0.4, -0.2) is 24.6 Å². The van der Waals surface area contributed by atoms with Crippen LogP contribution >= 0.6 is 0 Å². The number of imidazole rings is 1. The summed E-state index contributed by atoms with van der Waals surface area (Å²) in [5.74, 6) is 0.732. The first-order valence-corrected chi connectivity index (χ1v) is 11.7. The van der Waals surface area contributed by atoms with Gasteiger partial charge in [-0.1, -0.05) is 42.5 Å². The van der Waals surface area contributed by atoms with Crippen molar-refractivity contribution >= 4 is 45.0 Å². The Morgan fingerprint density at radius 1 is 0.966 bits per heavy atom. The molecule has 0 saturated carbocycles. The summed E-state index contributed by atoms with van der Waals surface area (Å²) in [6.07, 6.45) is 5.52. The molecule has 0 fully saturated rings. The molecule has 0 bridgehead atoms. The molecule has 3 N–H and O–H groups in total. The second kappa shape index (κ2) is 8.24. The van der Waals surface area contributed by atoms with E-state index >= 15 is 0 Å². The Bertz CT molecular complexity index is 1260. The van der Waals surface area contributed by atoms with Crippen molar-refractivity contribution in [2.75, 3.05) is 6.26 Å². The Kier molecular flexibility index (Phi) is 5.53. The number of hydrogen-bond acceptors (Lipinski definition) is 3. The lowest BCUT2D eigenvalue weighted by atomic mass is 10.1. The molecule has 0 amide bonds. The van der Waals surface area contributed by atoms with Crippen molar-refractivity contribution in [2.24, 2.45) is 5.14 Å². The van der Waals surface area contributed by atoms with Crippen molar-refractivity contribution in [3.05, 3.63) is 78.1 Å². The number of nitrogens with one attached hydrogen (secondary N) is 1. The van der Waals surface area contributed by atoms with Crippen LogP contribution in [0.4, 0.5) is 0 Å². The zero-order valence-corrected chi connectivity index (χ0v) is 17.3. The minimum atomic E-state index is -1.55. The summed E-state index contributed by atoms with van der Waals surface area (Å²) >= 11 is 0. The molecule has 146 valence electrons. The SMILES string of the molecule is CS(=O)c1ccc(/C=C/c2nc3ccc(-c4ccccc4S(N)=O)cc3[nH]2)cc1. The van der Waals surface area contributed by atoms with Gasteiger partial charge >= 0.3 is 0 Å². The molecule has 7 heteroatoms. The Morgan fingerprint density at radius 2 is 1.72 bits per heavy atom. The number of nitrogens with two attached hydrogens (primary N) is 1. The average molecular weight is 422 g/mol. The maximum Gasteiger partial charge on any atom is 0.131 e. The minimum absolute atomic E-state index is 0.600. The van der Waals surface area contributed by atoms with E-state index in [-0.39, 0.29) is 0 Å². The highest BCUT2D eigenvalue weighted by Gasteiger charge is 2.10. The molecule has 5 nitrogen and oxygen atoms in total. The van der Waals surface area contributed by atoms with Gasteiger partial charge in [0.2, 0.25) is 0 Å². The third-order valence-electron chi connectivity index (χ3n) is 4.56. The summed E-state index contributed by atoms with van der Waals surface area (Å²) in [6, 6.07) is 20.8. The van der Waals surface area contributed by atoms with Crippen molar-refractivity contribution in [1.29, 1.82) is 0 Å². The highest BCUT2D eigenvalue weighted by Crippen LogP contribution is 2.28. The van der Waals surface area contributed by atoms with Crippen molar-refractivity contribution in [1.82, 2.24) is 9.97 Å². The normalized spacial score (nSPS) is 13.7. The van der Waals surface area contributed by atoms with Crippen LogP contribution in [0.25, 0.3) is 34.3 Å². The molecule has 1 aromatic heterocycles. The van der Waals surface area contributed by atoms with Crippen molar-refractivity contribution in [2.45, 2.75) is 9.79 Å². The van der Waals surface area contributed by atoms with Crippen LogP contribution < -0.4 is 5.14 Å². The summed E-state index contributed by atoms with van der Waals surface area (Å²) in [5, 5.41) is 5.62. The third-order valence-corrected chi connectivity index (χ3v) is 6.29. The maximum atomic E-state index is 11.8. The summed E-state index contributed by atoms with van der Waals surface area (Å²) in [6.45, 7) is 0. The molecule has 1 heterocycles.